The molecule has 0 radical (unpaired) electrons. The number of para-hydroxylation sites is 4. The molecule has 1 aliphatic heterocycles. The number of aromatic nitrogens is 2. The predicted molar refractivity (Wildman–Crippen MR) is 252 cm³/mol. The summed E-state index contributed by atoms with van der Waals surface area (Å²) in [6.07, 6.45) is 3.65. The molecule has 0 bridgehead atoms. The number of anilines is 5. The zero-order valence-electron chi connectivity index (χ0n) is 33.4. The molecule has 3 heterocycles. The van der Waals surface area contributed by atoms with E-state index in [0.29, 0.717) is 13.3 Å². The standard InChI is InChI=1S/C55H41N5O/c1-3-13-41(14-4-1)47-20-12-21-48(42-15-5-2-6-16-42)55(47)60-38-59(52-23-9-10-24-53(52)60)44-17-11-18-45(35-44)61-46-29-30-50-49-19-7-8-22-51(49)58(54(50)36-46)37-57-43-27-25-39(26-28-43)40-31-33-56-34-32-40/h1-36,57H,37-38H2. The summed E-state index contributed by atoms with van der Waals surface area (Å²) in [5.41, 5.74) is 14.9. The lowest BCUT2D eigenvalue weighted by Gasteiger charge is -2.27. The van der Waals surface area contributed by atoms with Crippen molar-refractivity contribution < 1.29 is 4.74 Å². The average Bonchev–Trinajstić information content (AvgIpc) is 3.87. The van der Waals surface area contributed by atoms with Gasteiger partial charge in [0.2, 0.25) is 0 Å². The number of hydrogen-bond donors (Lipinski definition) is 1. The predicted octanol–water partition coefficient (Wildman–Crippen LogP) is 14.3. The van der Waals surface area contributed by atoms with E-state index in [4.69, 9.17) is 4.74 Å². The zero-order valence-corrected chi connectivity index (χ0v) is 33.4. The Hall–Kier alpha value is -8.09. The van der Waals surface area contributed by atoms with Gasteiger partial charge in [-0.2, -0.15) is 0 Å². The molecule has 1 N–H and O–H groups in total. The summed E-state index contributed by atoms with van der Waals surface area (Å²) in [7, 11) is 0. The number of ether oxygens (including phenoxy) is 1. The molecule has 6 heteroatoms. The first kappa shape index (κ1) is 36.0. The molecule has 0 saturated carbocycles. The van der Waals surface area contributed by atoms with Crippen molar-refractivity contribution in [3.63, 3.8) is 0 Å². The minimum atomic E-state index is 0.599. The molecular formula is C55H41N5O. The maximum absolute atomic E-state index is 6.73. The Morgan fingerprint density at radius 3 is 1.80 bits per heavy atom. The van der Waals surface area contributed by atoms with Gasteiger partial charge in [-0.3, -0.25) is 4.98 Å². The van der Waals surface area contributed by atoms with Gasteiger partial charge in [-0.05, 0) is 89.0 Å². The van der Waals surface area contributed by atoms with Crippen molar-refractivity contribution in [2.45, 2.75) is 6.67 Å². The molecule has 2 aromatic heterocycles. The number of nitrogens with one attached hydrogen (secondary N) is 1. The molecule has 1 aliphatic rings. The lowest BCUT2D eigenvalue weighted by Crippen LogP contribution is -2.24. The number of hydrogen-bond acceptors (Lipinski definition) is 5. The summed E-state index contributed by atoms with van der Waals surface area (Å²) in [6.45, 7) is 1.24. The SMILES string of the molecule is c1ccc(-c2cccc(-c3ccccc3)c2N2CN(c3cccc(Oc4ccc5c6ccccc6n(CNc6ccc(-c7ccncc7)cc6)c5c4)c3)c3ccccc32)cc1. The van der Waals surface area contributed by atoms with Crippen molar-refractivity contribution in [2.24, 2.45) is 0 Å². The highest BCUT2D eigenvalue weighted by atomic mass is 16.5. The van der Waals surface area contributed by atoms with E-state index >= 15 is 0 Å². The van der Waals surface area contributed by atoms with E-state index in [1.807, 2.05) is 30.6 Å². The van der Waals surface area contributed by atoms with Gasteiger partial charge in [-0.15, -0.1) is 0 Å². The highest BCUT2D eigenvalue weighted by molar-refractivity contribution is 6.08. The Bertz CT molecular complexity index is 3090. The molecule has 0 aliphatic carbocycles. The van der Waals surface area contributed by atoms with E-state index in [-0.39, 0.29) is 0 Å². The average molecular weight is 788 g/mol. The first-order valence-electron chi connectivity index (χ1n) is 20.7. The third-order valence-electron chi connectivity index (χ3n) is 11.7. The fourth-order valence-electron chi connectivity index (χ4n) is 8.77. The van der Waals surface area contributed by atoms with Gasteiger partial charge >= 0.3 is 0 Å². The Morgan fingerprint density at radius 2 is 1.07 bits per heavy atom. The molecule has 0 unspecified atom stereocenters. The first-order valence-corrected chi connectivity index (χ1v) is 20.7. The number of nitrogens with zero attached hydrogens (tertiary/aromatic N) is 4. The third kappa shape index (κ3) is 6.80. The van der Waals surface area contributed by atoms with E-state index in [2.05, 4.69) is 213 Å². The highest BCUT2D eigenvalue weighted by Gasteiger charge is 2.31. The number of pyridine rings is 1. The van der Waals surface area contributed by atoms with Gasteiger partial charge in [0.25, 0.3) is 0 Å². The summed E-state index contributed by atoms with van der Waals surface area (Å²) in [5.74, 6) is 1.56. The van der Waals surface area contributed by atoms with Crippen molar-refractivity contribution in [3.05, 3.63) is 219 Å². The number of benzene rings is 8. The summed E-state index contributed by atoms with van der Waals surface area (Å²) in [5, 5.41) is 6.06. The fourth-order valence-corrected chi connectivity index (χ4v) is 8.77. The summed E-state index contributed by atoms with van der Waals surface area (Å²) >= 11 is 0. The minimum absolute atomic E-state index is 0.599. The van der Waals surface area contributed by atoms with E-state index in [1.165, 1.54) is 44.2 Å². The molecule has 0 amide bonds. The van der Waals surface area contributed by atoms with Crippen LogP contribution in [0, 0.1) is 0 Å². The molecule has 0 spiro atoms. The van der Waals surface area contributed by atoms with Gasteiger partial charge in [-0.1, -0.05) is 127 Å². The van der Waals surface area contributed by atoms with Gasteiger partial charge < -0.3 is 24.4 Å². The van der Waals surface area contributed by atoms with Gasteiger partial charge in [0.1, 0.15) is 18.2 Å². The zero-order chi connectivity index (χ0) is 40.5. The molecule has 11 rings (SSSR count). The normalized spacial score (nSPS) is 12.2. The Balaban J connectivity index is 0.907. The molecule has 10 aromatic rings. The Morgan fingerprint density at radius 1 is 0.459 bits per heavy atom. The number of fused-ring (bicyclic) bond motifs is 4. The topological polar surface area (TPSA) is 45.6 Å². The van der Waals surface area contributed by atoms with Gasteiger partial charge in [0.05, 0.1) is 34.8 Å². The first-order chi connectivity index (χ1) is 30.2. The van der Waals surface area contributed by atoms with Crippen LogP contribution in [0.15, 0.2) is 219 Å². The largest absolute Gasteiger partial charge is 0.457 e. The second kappa shape index (κ2) is 15.6. The van der Waals surface area contributed by atoms with Crippen molar-refractivity contribution in [2.75, 3.05) is 21.8 Å². The van der Waals surface area contributed by atoms with Crippen LogP contribution in [0.5, 0.6) is 11.5 Å². The third-order valence-corrected chi connectivity index (χ3v) is 11.7. The lowest BCUT2D eigenvalue weighted by molar-refractivity contribution is 0.483. The van der Waals surface area contributed by atoms with Crippen molar-refractivity contribution in [1.29, 1.82) is 0 Å². The van der Waals surface area contributed by atoms with Crippen LogP contribution in [0.3, 0.4) is 0 Å². The fraction of sp³-hybridized carbons (Fsp3) is 0.0364. The smallest absolute Gasteiger partial charge is 0.129 e. The van der Waals surface area contributed by atoms with Gasteiger partial charge in [0, 0.05) is 57.8 Å². The van der Waals surface area contributed by atoms with Crippen molar-refractivity contribution >= 4 is 50.2 Å². The maximum Gasteiger partial charge on any atom is 0.129 e. The monoisotopic (exact) mass is 787 g/mol. The quantitative estimate of drug-likeness (QED) is 0.150. The molecule has 0 saturated heterocycles. The van der Waals surface area contributed by atoms with Crippen molar-refractivity contribution in [3.8, 4) is 44.9 Å². The Labute approximate surface area is 355 Å². The molecule has 8 aromatic carbocycles. The van der Waals surface area contributed by atoms with Crippen LogP contribution in [0.2, 0.25) is 0 Å². The summed E-state index contributed by atoms with van der Waals surface area (Å²) < 4.78 is 9.06. The van der Waals surface area contributed by atoms with Gasteiger partial charge in [0.15, 0.2) is 0 Å². The Kier molecular flexibility index (Phi) is 9.20. The van der Waals surface area contributed by atoms with Crippen LogP contribution in [0.1, 0.15) is 0 Å². The second-order valence-electron chi connectivity index (χ2n) is 15.3. The van der Waals surface area contributed by atoms with Crippen LogP contribution in [0.25, 0.3) is 55.2 Å². The highest BCUT2D eigenvalue weighted by Crippen LogP contribution is 2.50. The molecule has 0 fully saturated rings. The van der Waals surface area contributed by atoms with E-state index in [0.717, 1.165) is 50.9 Å². The van der Waals surface area contributed by atoms with Crippen molar-refractivity contribution in [1.82, 2.24) is 9.55 Å². The van der Waals surface area contributed by atoms with Crippen LogP contribution < -0.4 is 19.9 Å². The molecular weight excluding hydrogens is 747 g/mol. The van der Waals surface area contributed by atoms with E-state index in [1.54, 1.807) is 0 Å². The van der Waals surface area contributed by atoms with E-state index in [9.17, 15) is 0 Å². The van der Waals surface area contributed by atoms with Crippen LogP contribution in [0.4, 0.5) is 28.4 Å². The molecule has 6 nitrogen and oxygen atoms in total. The number of rotatable bonds is 10. The van der Waals surface area contributed by atoms with Gasteiger partial charge in [-0.25, -0.2) is 0 Å². The molecule has 292 valence electrons. The van der Waals surface area contributed by atoms with Crippen LogP contribution in [-0.4, -0.2) is 16.2 Å². The van der Waals surface area contributed by atoms with Crippen LogP contribution in [-0.2, 0) is 6.67 Å². The summed E-state index contributed by atoms with van der Waals surface area (Å²) in [4.78, 5) is 9.00. The van der Waals surface area contributed by atoms with Crippen LogP contribution >= 0.6 is 0 Å². The lowest BCUT2D eigenvalue weighted by atomic mass is 9.95. The molecule has 61 heavy (non-hydrogen) atoms. The van der Waals surface area contributed by atoms with E-state index < -0.39 is 0 Å². The second-order valence-corrected chi connectivity index (χ2v) is 15.3. The molecule has 0 atom stereocenters. The maximum atomic E-state index is 6.73. The summed E-state index contributed by atoms with van der Waals surface area (Å²) in [6, 6.07) is 72.8. The minimum Gasteiger partial charge on any atom is -0.457 e.